The largest absolute Gasteiger partial charge is 0.421 e. The number of amides is 1. The molecule has 3 rings (SSSR count). The Balaban J connectivity index is 1.58. The van der Waals surface area contributed by atoms with Crippen molar-refractivity contribution in [3.8, 4) is 11.5 Å². The van der Waals surface area contributed by atoms with Gasteiger partial charge in [0.2, 0.25) is 17.7 Å². The zero-order valence-corrected chi connectivity index (χ0v) is 12.9. The molecular weight excluding hydrogens is 278 g/mol. The van der Waals surface area contributed by atoms with Gasteiger partial charge in [0.15, 0.2) is 0 Å². The van der Waals surface area contributed by atoms with Crippen LogP contribution in [-0.2, 0) is 11.2 Å². The molecule has 2 aromatic rings. The topological polar surface area (TPSA) is 59.2 Å². The average molecular weight is 299 g/mol. The fraction of sp³-hybridized carbons (Fsp3) is 0.471. The van der Waals surface area contributed by atoms with Gasteiger partial charge in [-0.25, -0.2) is 0 Å². The van der Waals surface area contributed by atoms with Gasteiger partial charge in [-0.05, 0) is 38.3 Å². The van der Waals surface area contributed by atoms with Crippen LogP contribution < -0.4 is 0 Å². The van der Waals surface area contributed by atoms with Gasteiger partial charge in [-0.2, -0.15) is 0 Å². The molecule has 0 radical (unpaired) electrons. The number of piperidine rings is 1. The summed E-state index contributed by atoms with van der Waals surface area (Å²) in [6, 6.07) is 10.0. The summed E-state index contributed by atoms with van der Waals surface area (Å²) < 4.78 is 5.64. The van der Waals surface area contributed by atoms with Crippen LogP contribution in [0.2, 0.25) is 0 Å². The molecule has 2 heterocycles. The molecule has 5 heteroatoms. The zero-order chi connectivity index (χ0) is 15.4. The normalized spacial score (nSPS) is 18.4. The van der Waals surface area contributed by atoms with E-state index in [1.54, 1.807) is 0 Å². The molecule has 1 aromatic carbocycles. The van der Waals surface area contributed by atoms with Crippen LogP contribution in [0.1, 0.15) is 38.5 Å². The van der Waals surface area contributed by atoms with Crippen molar-refractivity contribution in [3.63, 3.8) is 0 Å². The van der Waals surface area contributed by atoms with E-state index < -0.39 is 0 Å². The summed E-state index contributed by atoms with van der Waals surface area (Å²) >= 11 is 0. The van der Waals surface area contributed by atoms with Gasteiger partial charge in [0.25, 0.3) is 0 Å². The minimum absolute atomic E-state index is 0.187. The van der Waals surface area contributed by atoms with Gasteiger partial charge in [0, 0.05) is 31.0 Å². The van der Waals surface area contributed by atoms with E-state index in [2.05, 4.69) is 17.1 Å². The first-order valence-corrected chi connectivity index (χ1v) is 7.91. The summed E-state index contributed by atoms with van der Waals surface area (Å²) in [5, 5.41) is 8.09. The minimum Gasteiger partial charge on any atom is -0.421 e. The predicted molar refractivity (Wildman–Crippen MR) is 83.1 cm³/mol. The number of hydrogen-bond acceptors (Lipinski definition) is 4. The first-order valence-electron chi connectivity index (χ1n) is 7.91. The van der Waals surface area contributed by atoms with Crippen molar-refractivity contribution >= 4 is 5.91 Å². The van der Waals surface area contributed by atoms with Gasteiger partial charge < -0.3 is 9.32 Å². The summed E-state index contributed by atoms with van der Waals surface area (Å²) in [5.74, 6) is 1.22. The van der Waals surface area contributed by atoms with Crippen LogP contribution in [-0.4, -0.2) is 33.6 Å². The highest BCUT2D eigenvalue weighted by molar-refractivity contribution is 5.76. The van der Waals surface area contributed by atoms with Gasteiger partial charge in [-0.3, -0.25) is 4.79 Å². The minimum atomic E-state index is 0.187. The van der Waals surface area contributed by atoms with E-state index in [0.29, 0.717) is 30.7 Å². The molecule has 0 N–H and O–H groups in total. The SMILES string of the molecule is C[C@H]1CCCCN1C(=O)CCc1nnc(-c2ccccc2)o1. The number of rotatable bonds is 4. The first-order chi connectivity index (χ1) is 10.7. The molecule has 0 saturated carbocycles. The number of carbonyl (C=O) groups is 1. The van der Waals surface area contributed by atoms with Gasteiger partial charge in [0.1, 0.15) is 0 Å². The predicted octanol–water partition coefficient (Wildman–Crippen LogP) is 3.07. The molecule has 116 valence electrons. The van der Waals surface area contributed by atoms with Crippen LogP contribution in [0.5, 0.6) is 0 Å². The average Bonchev–Trinajstić information content (AvgIpc) is 3.03. The number of nitrogens with zero attached hydrogens (tertiary/aromatic N) is 3. The van der Waals surface area contributed by atoms with E-state index in [-0.39, 0.29) is 5.91 Å². The van der Waals surface area contributed by atoms with Gasteiger partial charge in [-0.15, -0.1) is 10.2 Å². The monoisotopic (exact) mass is 299 g/mol. The van der Waals surface area contributed by atoms with E-state index in [1.165, 1.54) is 6.42 Å². The zero-order valence-electron chi connectivity index (χ0n) is 12.9. The maximum Gasteiger partial charge on any atom is 0.247 e. The Morgan fingerprint density at radius 1 is 1.27 bits per heavy atom. The molecule has 1 aliphatic heterocycles. The molecule has 22 heavy (non-hydrogen) atoms. The Labute approximate surface area is 130 Å². The molecule has 1 fully saturated rings. The Morgan fingerprint density at radius 3 is 2.86 bits per heavy atom. The number of carbonyl (C=O) groups excluding carboxylic acids is 1. The van der Waals surface area contributed by atoms with Crippen molar-refractivity contribution in [2.45, 2.75) is 45.1 Å². The summed E-state index contributed by atoms with van der Waals surface area (Å²) in [7, 11) is 0. The summed E-state index contributed by atoms with van der Waals surface area (Å²) in [6.45, 7) is 3.00. The highest BCUT2D eigenvalue weighted by Gasteiger charge is 2.23. The number of benzene rings is 1. The van der Waals surface area contributed by atoms with Gasteiger partial charge >= 0.3 is 0 Å². The third-order valence-electron chi connectivity index (χ3n) is 4.16. The second-order valence-corrected chi connectivity index (χ2v) is 5.80. The van der Waals surface area contributed by atoms with E-state index >= 15 is 0 Å². The van der Waals surface area contributed by atoms with Crippen molar-refractivity contribution < 1.29 is 9.21 Å². The van der Waals surface area contributed by atoms with Crippen molar-refractivity contribution in [3.05, 3.63) is 36.2 Å². The number of likely N-dealkylation sites (tertiary alicyclic amines) is 1. The molecular formula is C17H21N3O2. The van der Waals surface area contributed by atoms with Gasteiger partial charge in [-0.1, -0.05) is 18.2 Å². The Hall–Kier alpha value is -2.17. The lowest BCUT2D eigenvalue weighted by atomic mass is 10.0. The lowest BCUT2D eigenvalue weighted by Crippen LogP contribution is -2.42. The van der Waals surface area contributed by atoms with Crippen LogP contribution in [0.3, 0.4) is 0 Å². The smallest absolute Gasteiger partial charge is 0.247 e. The number of aromatic nitrogens is 2. The summed E-state index contributed by atoms with van der Waals surface area (Å²) in [4.78, 5) is 14.3. The Bertz CT molecular complexity index is 624. The number of hydrogen-bond donors (Lipinski definition) is 0. The molecule has 1 amide bonds. The van der Waals surface area contributed by atoms with Crippen molar-refractivity contribution in [2.75, 3.05) is 6.54 Å². The second kappa shape index (κ2) is 6.73. The standard InChI is InChI=1S/C17H21N3O2/c1-13-7-5-6-12-20(13)16(21)11-10-15-18-19-17(22-15)14-8-3-2-4-9-14/h2-4,8-9,13H,5-7,10-12H2,1H3/t13-/m0/s1. The fourth-order valence-corrected chi connectivity index (χ4v) is 2.88. The molecule has 0 aliphatic carbocycles. The third-order valence-corrected chi connectivity index (χ3v) is 4.16. The molecule has 0 unspecified atom stereocenters. The van der Waals surface area contributed by atoms with Crippen LogP contribution in [0.15, 0.2) is 34.7 Å². The van der Waals surface area contributed by atoms with Crippen molar-refractivity contribution in [1.82, 2.24) is 15.1 Å². The molecule has 1 aromatic heterocycles. The molecule has 1 atom stereocenters. The van der Waals surface area contributed by atoms with Gasteiger partial charge in [0.05, 0.1) is 0 Å². The van der Waals surface area contributed by atoms with Crippen LogP contribution >= 0.6 is 0 Å². The fourth-order valence-electron chi connectivity index (χ4n) is 2.88. The molecule has 1 saturated heterocycles. The summed E-state index contributed by atoms with van der Waals surface area (Å²) in [5.41, 5.74) is 0.900. The number of aryl methyl sites for hydroxylation is 1. The molecule has 0 bridgehead atoms. The Kier molecular flexibility index (Phi) is 4.51. The lowest BCUT2D eigenvalue weighted by Gasteiger charge is -2.33. The van der Waals surface area contributed by atoms with Crippen molar-refractivity contribution in [1.29, 1.82) is 0 Å². The second-order valence-electron chi connectivity index (χ2n) is 5.80. The summed E-state index contributed by atoms with van der Waals surface area (Å²) in [6.07, 6.45) is 4.36. The Morgan fingerprint density at radius 2 is 2.09 bits per heavy atom. The van der Waals surface area contributed by atoms with E-state index in [4.69, 9.17) is 4.42 Å². The third kappa shape index (κ3) is 3.35. The van der Waals surface area contributed by atoms with Crippen molar-refractivity contribution in [2.24, 2.45) is 0 Å². The van der Waals surface area contributed by atoms with E-state index in [0.717, 1.165) is 24.9 Å². The first kappa shape index (κ1) is 14.8. The van der Waals surface area contributed by atoms with E-state index in [9.17, 15) is 4.79 Å². The highest BCUT2D eigenvalue weighted by Crippen LogP contribution is 2.20. The molecule has 5 nitrogen and oxygen atoms in total. The lowest BCUT2D eigenvalue weighted by molar-refractivity contribution is -0.134. The molecule has 0 spiro atoms. The maximum atomic E-state index is 12.3. The van der Waals surface area contributed by atoms with Crippen LogP contribution in [0.25, 0.3) is 11.5 Å². The molecule has 1 aliphatic rings. The van der Waals surface area contributed by atoms with Crippen LogP contribution in [0.4, 0.5) is 0 Å². The van der Waals surface area contributed by atoms with E-state index in [1.807, 2.05) is 35.2 Å². The quantitative estimate of drug-likeness (QED) is 0.870. The van der Waals surface area contributed by atoms with Crippen LogP contribution in [0, 0.1) is 0 Å². The maximum absolute atomic E-state index is 12.3. The highest BCUT2D eigenvalue weighted by atomic mass is 16.4.